The molecule has 1 atom stereocenters. The third kappa shape index (κ3) is 3.06. The number of fused-ring (bicyclic) bond motifs is 1. The molecule has 3 nitrogen and oxygen atoms in total. The molecule has 0 saturated carbocycles. The van der Waals surface area contributed by atoms with Gasteiger partial charge in [-0.1, -0.05) is 24.3 Å². The van der Waals surface area contributed by atoms with Crippen molar-refractivity contribution in [2.75, 3.05) is 19.0 Å². The smallest absolute Gasteiger partial charge is 0.0957 e. The lowest BCUT2D eigenvalue weighted by atomic mass is 10.0. The first-order chi connectivity index (χ1) is 10.1. The largest absolute Gasteiger partial charge is 0.378 e. The molecule has 0 amide bonds. The van der Waals surface area contributed by atoms with Crippen molar-refractivity contribution >= 4 is 27.2 Å². The van der Waals surface area contributed by atoms with E-state index in [-0.39, 0.29) is 6.04 Å². The number of hydrogen-bond acceptors (Lipinski definition) is 4. The van der Waals surface area contributed by atoms with Gasteiger partial charge in [-0.15, -0.1) is 11.3 Å². The fourth-order valence-electron chi connectivity index (χ4n) is 2.35. The van der Waals surface area contributed by atoms with E-state index in [2.05, 4.69) is 40.2 Å². The zero-order valence-corrected chi connectivity index (χ0v) is 13.1. The quantitative estimate of drug-likeness (QED) is 0.800. The van der Waals surface area contributed by atoms with Crippen molar-refractivity contribution in [3.8, 4) is 0 Å². The van der Waals surface area contributed by atoms with Gasteiger partial charge in [-0.05, 0) is 29.8 Å². The molecule has 1 heterocycles. The van der Waals surface area contributed by atoms with Crippen LogP contribution < -0.4 is 10.6 Å². The normalized spacial score (nSPS) is 12.5. The van der Waals surface area contributed by atoms with Crippen molar-refractivity contribution in [3.05, 3.63) is 59.1 Å². The van der Waals surface area contributed by atoms with Crippen LogP contribution in [0.15, 0.2) is 48.5 Å². The minimum atomic E-state index is -0.0227. The highest BCUT2D eigenvalue weighted by atomic mass is 32.1. The summed E-state index contributed by atoms with van der Waals surface area (Å²) in [6.07, 6.45) is 0.774. The SMILES string of the molecule is CN(C)c1cccc(C(N)Cc2nc3ccccc3s2)c1. The van der Waals surface area contributed by atoms with E-state index in [0.29, 0.717) is 0 Å². The number of nitrogens with zero attached hydrogens (tertiary/aromatic N) is 2. The molecule has 0 aliphatic rings. The van der Waals surface area contributed by atoms with Crippen molar-refractivity contribution in [3.63, 3.8) is 0 Å². The first kappa shape index (κ1) is 14.0. The minimum Gasteiger partial charge on any atom is -0.378 e. The van der Waals surface area contributed by atoms with Crippen LogP contribution in [0.5, 0.6) is 0 Å². The van der Waals surface area contributed by atoms with Gasteiger partial charge in [-0.3, -0.25) is 0 Å². The van der Waals surface area contributed by atoms with Crippen LogP contribution in [-0.2, 0) is 6.42 Å². The summed E-state index contributed by atoms with van der Waals surface area (Å²) in [7, 11) is 4.08. The van der Waals surface area contributed by atoms with E-state index in [1.165, 1.54) is 10.4 Å². The predicted molar refractivity (Wildman–Crippen MR) is 91.0 cm³/mol. The Hall–Kier alpha value is -1.91. The molecular formula is C17H19N3S. The monoisotopic (exact) mass is 297 g/mol. The maximum absolute atomic E-state index is 6.37. The van der Waals surface area contributed by atoms with E-state index in [1.807, 2.05) is 32.3 Å². The van der Waals surface area contributed by atoms with E-state index in [0.717, 1.165) is 22.5 Å². The van der Waals surface area contributed by atoms with Crippen molar-refractivity contribution in [1.82, 2.24) is 4.98 Å². The number of aromatic nitrogens is 1. The second kappa shape index (κ2) is 5.84. The lowest BCUT2D eigenvalue weighted by Gasteiger charge is -2.16. The number of thiazole rings is 1. The molecular weight excluding hydrogens is 278 g/mol. The molecule has 1 aromatic heterocycles. The van der Waals surface area contributed by atoms with Gasteiger partial charge in [0.05, 0.1) is 15.2 Å². The van der Waals surface area contributed by atoms with Gasteiger partial charge in [-0.25, -0.2) is 4.98 Å². The first-order valence-corrected chi connectivity index (χ1v) is 7.82. The molecule has 0 aliphatic heterocycles. The van der Waals surface area contributed by atoms with Crippen molar-refractivity contribution in [1.29, 1.82) is 0 Å². The third-order valence-corrected chi connectivity index (χ3v) is 4.61. The molecule has 2 N–H and O–H groups in total. The van der Waals surface area contributed by atoms with Gasteiger partial charge in [0.25, 0.3) is 0 Å². The number of anilines is 1. The third-order valence-electron chi connectivity index (χ3n) is 3.55. The zero-order chi connectivity index (χ0) is 14.8. The zero-order valence-electron chi connectivity index (χ0n) is 12.3. The van der Waals surface area contributed by atoms with E-state index in [1.54, 1.807) is 11.3 Å². The molecule has 0 fully saturated rings. The standard InChI is InChI=1S/C17H19N3S/c1-20(2)13-7-5-6-12(10-13)14(18)11-17-19-15-8-3-4-9-16(15)21-17/h3-10,14H,11,18H2,1-2H3. The summed E-state index contributed by atoms with van der Waals surface area (Å²) < 4.78 is 1.22. The van der Waals surface area contributed by atoms with Gasteiger partial charge < -0.3 is 10.6 Å². The average molecular weight is 297 g/mol. The van der Waals surface area contributed by atoms with Crippen LogP contribution in [0.3, 0.4) is 0 Å². The summed E-state index contributed by atoms with van der Waals surface area (Å²) in [5, 5.41) is 1.10. The molecule has 0 aliphatic carbocycles. The van der Waals surface area contributed by atoms with Gasteiger partial charge in [0.1, 0.15) is 0 Å². The Morgan fingerprint density at radius 1 is 1.14 bits per heavy atom. The van der Waals surface area contributed by atoms with Gasteiger partial charge in [0, 0.05) is 32.2 Å². The minimum absolute atomic E-state index is 0.0227. The number of nitrogens with two attached hydrogens (primary N) is 1. The Bertz CT molecular complexity index is 715. The van der Waals surface area contributed by atoms with Crippen LogP contribution in [0.1, 0.15) is 16.6 Å². The van der Waals surface area contributed by atoms with Crippen LogP contribution in [0.4, 0.5) is 5.69 Å². The fraction of sp³-hybridized carbons (Fsp3) is 0.235. The summed E-state index contributed by atoms with van der Waals surface area (Å²) in [5.74, 6) is 0. The number of hydrogen-bond donors (Lipinski definition) is 1. The second-order valence-corrected chi connectivity index (χ2v) is 6.49. The van der Waals surface area contributed by atoms with E-state index >= 15 is 0 Å². The van der Waals surface area contributed by atoms with Gasteiger partial charge in [0.2, 0.25) is 0 Å². The van der Waals surface area contributed by atoms with Crippen LogP contribution in [0.2, 0.25) is 0 Å². The molecule has 4 heteroatoms. The molecule has 2 aromatic carbocycles. The fourth-order valence-corrected chi connectivity index (χ4v) is 3.37. The molecule has 3 aromatic rings. The van der Waals surface area contributed by atoms with E-state index < -0.39 is 0 Å². The summed E-state index contributed by atoms with van der Waals surface area (Å²) in [6.45, 7) is 0. The van der Waals surface area contributed by atoms with Crippen LogP contribution in [0, 0.1) is 0 Å². The Balaban J connectivity index is 1.82. The molecule has 1 unspecified atom stereocenters. The number of rotatable bonds is 4. The van der Waals surface area contributed by atoms with Gasteiger partial charge in [-0.2, -0.15) is 0 Å². The maximum Gasteiger partial charge on any atom is 0.0957 e. The number of para-hydroxylation sites is 1. The first-order valence-electron chi connectivity index (χ1n) is 7.01. The predicted octanol–water partition coefficient (Wildman–Crippen LogP) is 3.60. The van der Waals surface area contributed by atoms with Crippen molar-refractivity contribution < 1.29 is 0 Å². The summed E-state index contributed by atoms with van der Waals surface area (Å²) >= 11 is 1.73. The average Bonchev–Trinajstić information content (AvgIpc) is 2.89. The Kier molecular flexibility index (Phi) is 3.90. The van der Waals surface area contributed by atoms with Crippen LogP contribution in [0.25, 0.3) is 10.2 Å². The summed E-state index contributed by atoms with van der Waals surface area (Å²) in [6, 6.07) is 16.6. The van der Waals surface area contributed by atoms with Crippen LogP contribution in [-0.4, -0.2) is 19.1 Å². The van der Waals surface area contributed by atoms with Gasteiger partial charge in [0.15, 0.2) is 0 Å². The molecule has 0 spiro atoms. The van der Waals surface area contributed by atoms with Gasteiger partial charge >= 0.3 is 0 Å². The lowest BCUT2D eigenvalue weighted by molar-refractivity contribution is 0.719. The molecule has 3 rings (SSSR count). The van der Waals surface area contributed by atoms with E-state index in [9.17, 15) is 0 Å². The Morgan fingerprint density at radius 3 is 2.71 bits per heavy atom. The van der Waals surface area contributed by atoms with Crippen LogP contribution >= 0.6 is 11.3 Å². The highest BCUT2D eigenvalue weighted by Crippen LogP contribution is 2.26. The molecule has 0 bridgehead atoms. The second-order valence-electron chi connectivity index (χ2n) is 5.38. The molecule has 0 saturated heterocycles. The van der Waals surface area contributed by atoms with Crippen molar-refractivity contribution in [2.24, 2.45) is 5.73 Å². The molecule has 21 heavy (non-hydrogen) atoms. The number of benzene rings is 2. The summed E-state index contributed by atoms with van der Waals surface area (Å²) in [5.41, 5.74) is 9.75. The highest BCUT2D eigenvalue weighted by molar-refractivity contribution is 7.18. The molecule has 0 radical (unpaired) electrons. The highest BCUT2D eigenvalue weighted by Gasteiger charge is 2.11. The summed E-state index contributed by atoms with van der Waals surface area (Å²) in [4.78, 5) is 6.76. The lowest BCUT2D eigenvalue weighted by Crippen LogP contribution is -2.15. The Morgan fingerprint density at radius 2 is 1.95 bits per heavy atom. The molecule has 108 valence electrons. The maximum atomic E-state index is 6.37. The topological polar surface area (TPSA) is 42.1 Å². The Labute approximate surface area is 129 Å². The van der Waals surface area contributed by atoms with Crippen molar-refractivity contribution in [2.45, 2.75) is 12.5 Å². The van der Waals surface area contributed by atoms with E-state index in [4.69, 9.17) is 5.73 Å².